The van der Waals surface area contributed by atoms with Crippen molar-refractivity contribution in [2.75, 3.05) is 0 Å². The first-order chi connectivity index (χ1) is 9.21. The molecule has 2 amide bonds. The molecule has 0 spiro atoms. The molecule has 20 heavy (non-hydrogen) atoms. The number of carboxylic acids is 1. The Kier molecular flexibility index (Phi) is 5.56. The molecule has 1 rings (SSSR count). The number of rotatable bonds is 6. The quantitative estimate of drug-likeness (QED) is 0.848. The van der Waals surface area contributed by atoms with Gasteiger partial charge < -0.3 is 15.3 Å². The average Bonchev–Trinajstić information content (AvgIpc) is 2.74. The SMILES string of the molecule is CC(C)N(Cc1cccs1)C(=O)NC(C)(C)CC(=O)O. The van der Waals surface area contributed by atoms with E-state index in [1.165, 1.54) is 0 Å². The third-order valence-electron chi connectivity index (χ3n) is 2.83. The highest BCUT2D eigenvalue weighted by Crippen LogP contribution is 2.16. The first-order valence-electron chi connectivity index (χ1n) is 6.54. The van der Waals surface area contributed by atoms with Crippen LogP contribution in [0.1, 0.15) is 39.0 Å². The number of hydrogen-bond acceptors (Lipinski definition) is 3. The van der Waals surface area contributed by atoms with Crippen molar-refractivity contribution < 1.29 is 14.7 Å². The maximum atomic E-state index is 12.3. The molecule has 0 aliphatic carbocycles. The minimum atomic E-state index is -0.926. The maximum Gasteiger partial charge on any atom is 0.318 e. The molecule has 112 valence electrons. The molecule has 0 atom stereocenters. The Morgan fingerprint density at radius 1 is 1.45 bits per heavy atom. The van der Waals surface area contributed by atoms with Gasteiger partial charge in [0.2, 0.25) is 0 Å². The lowest BCUT2D eigenvalue weighted by atomic mass is 10.0. The Balaban J connectivity index is 2.72. The van der Waals surface area contributed by atoms with Gasteiger partial charge in [0.25, 0.3) is 0 Å². The zero-order valence-corrected chi connectivity index (χ0v) is 13.2. The van der Waals surface area contributed by atoms with Gasteiger partial charge in [-0.3, -0.25) is 4.79 Å². The predicted octanol–water partition coefficient (Wildman–Crippen LogP) is 2.92. The normalized spacial score (nSPS) is 11.4. The molecule has 0 saturated carbocycles. The minimum absolute atomic E-state index is 0.0396. The van der Waals surface area contributed by atoms with Crippen LogP contribution >= 0.6 is 11.3 Å². The van der Waals surface area contributed by atoms with Crippen LogP contribution in [0.25, 0.3) is 0 Å². The van der Waals surface area contributed by atoms with E-state index in [4.69, 9.17) is 5.11 Å². The summed E-state index contributed by atoms with van der Waals surface area (Å²) in [6, 6.07) is 3.73. The van der Waals surface area contributed by atoms with Crippen LogP contribution in [0.5, 0.6) is 0 Å². The van der Waals surface area contributed by atoms with Gasteiger partial charge in [-0.2, -0.15) is 0 Å². The van der Waals surface area contributed by atoms with Gasteiger partial charge in [0, 0.05) is 16.5 Å². The summed E-state index contributed by atoms with van der Waals surface area (Å²) in [5.41, 5.74) is -0.772. The standard InChI is InChI=1S/C14H22N2O3S/c1-10(2)16(9-11-6-5-7-20-11)13(19)15-14(3,4)8-12(17)18/h5-7,10H,8-9H2,1-4H3,(H,15,19)(H,17,18). The van der Waals surface area contributed by atoms with E-state index in [1.807, 2.05) is 31.4 Å². The van der Waals surface area contributed by atoms with Crippen molar-refractivity contribution in [2.24, 2.45) is 0 Å². The van der Waals surface area contributed by atoms with Crippen molar-refractivity contribution in [1.82, 2.24) is 10.2 Å². The van der Waals surface area contributed by atoms with E-state index in [0.29, 0.717) is 6.54 Å². The predicted molar refractivity (Wildman–Crippen MR) is 79.9 cm³/mol. The number of nitrogens with zero attached hydrogens (tertiary/aromatic N) is 1. The smallest absolute Gasteiger partial charge is 0.318 e. The van der Waals surface area contributed by atoms with Gasteiger partial charge in [0.1, 0.15) is 0 Å². The topological polar surface area (TPSA) is 69.6 Å². The summed E-state index contributed by atoms with van der Waals surface area (Å²) in [6.07, 6.45) is -0.107. The highest BCUT2D eigenvalue weighted by atomic mass is 32.1. The van der Waals surface area contributed by atoms with Crippen molar-refractivity contribution >= 4 is 23.3 Å². The van der Waals surface area contributed by atoms with Crippen LogP contribution in [0.2, 0.25) is 0 Å². The van der Waals surface area contributed by atoms with Crippen LogP contribution in [-0.4, -0.2) is 33.6 Å². The summed E-state index contributed by atoms with van der Waals surface area (Å²) < 4.78 is 0. The van der Waals surface area contributed by atoms with E-state index < -0.39 is 11.5 Å². The third-order valence-corrected chi connectivity index (χ3v) is 3.69. The molecule has 0 aliphatic rings. The van der Waals surface area contributed by atoms with E-state index in [0.717, 1.165) is 4.88 Å². The van der Waals surface area contributed by atoms with Gasteiger partial charge >= 0.3 is 12.0 Å². The van der Waals surface area contributed by atoms with Gasteiger partial charge in [-0.15, -0.1) is 11.3 Å². The molecule has 1 heterocycles. The molecular formula is C14H22N2O3S. The summed E-state index contributed by atoms with van der Waals surface area (Å²) in [6.45, 7) is 7.84. The lowest BCUT2D eigenvalue weighted by molar-refractivity contribution is -0.138. The fourth-order valence-electron chi connectivity index (χ4n) is 1.84. The lowest BCUT2D eigenvalue weighted by Crippen LogP contribution is -2.52. The molecule has 1 aromatic heterocycles. The molecule has 5 nitrogen and oxygen atoms in total. The van der Waals surface area contributed by atoms with E-state index >= 15 is 0 Å². The average molecular weight is 298 g/mol. The monoisotopic (exact) mass is 298 g/mol. The van der Waals surface area contributed by atoms with Crippen molar-refractivity contribution in [1.29, 1.82) is 0 Å². The van der Waals surface area contributed by atoms with E-state index in [-0.39, 0.29) is 18.5 Å². The van der Waals surface area contributed by atoms with Gasteiger partial charge in [-0.25, -0.2) is 4.79 Å². The number of urea groups is 1. The lowest BCUT2D eigenvalue weighted by Gasteiger charge is -2.32. The number of carboxylic acid groups (broad SMARTS) is 1. The fourth-order valence-corrected chi connectivity index (χ4v) is 2.55. The summed E-state index contributed by atoms with van der Waals surface area (Å²) >= 11 is 1.60. The second-order valence-corrected chi connectivity index (χ2v) is 6.72. The molecular weight excluding hydrogens is 276 g/mol. The Morgan fingerprint density at radius 2 is 2.10 bits per heavy atom. The van der Waals surface area contributed by atoms with Crippen LogP contribution in [0, 0.1) is 0 Å². The zero-order chi connectivity index (χ0) is 15.3. The minimum Gasteiger partial charge on any atom is -0.481 e. The van der Waals surface area contributed by atoms with E-state index in [2.05, 4.69) is 5.32 Å². The first-order valence-corrected chi connectivity index (χ1v) is 7.42. The number of thiophene rings is 1. The molecule has 0 aromatic carbocycles. The van der Waals surface area contributed by atoms with Crippen LogP contribution < -0.4 is 5.32 Å². The Morgan fingerprint density at radius 3 is 2.55 bits per heavy atom. The Bertz CT molecular complexity index is 455. The molecule has 0 aliphatic heterocycles. The maximum absolute atomic E-state index is 12.3. The van der Waals surface area contributed by atoms with Gasteiger partial charge in [-0.05, 0) is 39.1 Å². The second kappa shape index (κ2) is 6.74. The molecule has 6 heteroatoms. The number of amides is 2. The highest BCUT2D eigenvalue weighted by Gasteiger charge is 2.27. The van der Waals surface area contributed by atoms with Gasteiger partial charge in [-0.1, -0.05) is 6.07 Å². The summed E-state index contributed by atoms with van der Waals surface area (Å²) in [5.74, 6) is -0.926. The molecule has 0 bridgehead atoms. The molecule has 2 N–H and O–H groups in total. The summed E-state index contributed by atoms with van der Waals surface area (Å²) in [5, 5.41) is 13.6. The summed E-state index contributed by atoms with van der Waals surface area (Å²) in [7, 11) is 0. The second-order valence-electron chi connectivity index (χ2n) is 5.69. The number of carbonyl (C=O) groups excluding carboxylic acids is 1. The number of hydrogen-bond donors (Lipinski definition) is 2. The van der Waals surface area contributed by atoms with Crippen molar-refractivity contribution in [3.8, 4) is 0 Å². The van der Waals surface area contributed by atoms with Crippen LogP contribution in [0.4, 0.5) is 4.79 Å². The van der Waals surface area contributed by atoms with Crippen molar-refractivity contribution in [2.45, 2.75) is 52.2 Å². The molecule has 0 fully saturated rings. The van der Waals surface area contributed by atoms with Gasteiger partial charge in [0.05, 0.1) is 13.0 Å². The number of aliphatic carboxylic acids is 1. The fraction of sp³-hybridized carbons (Fsp3) is 0.571. The molecule has 0 unspecified atom stereocenters. The van der Waals surface area contributed by atoms with Crippen LogP contribution in [-0.2, 0) is 11.3 Å². The van der Waals surface area contributed by atoms with Crippen molar-refractivity contribution in [3.63, 3.8) is 0 Å². The third kappa shape index (κ3) is 5.21. The van der Waals surface area contributed by atoms with E-state index in [1.54, 1.807) is 30.1 Å². The number of nitrogens with one attached hydrogen (secondary N) is 1. The molecule has 0 radical (unpaired) electrons. The summed E-state index contributed by atoms with van der Waals surface area (Å²) in [4.78, 5) is 25.9. The van der Waals surface area contributed by atoms with Crippen molar-refractivity contribution in [3.05, 3.63) is 22.4 Å². The van der Waals surface area contributed by atoms with Crippen LogP contribution in [0.3, 0.4) is 0 Å². The van der Waals surface area contributed by atoms with Crippen LogP contribution in [0.15, 0.2) is 17.5 Å². The Labute approximate surface area is 123 Å². The Hall–Kier alpha value is -1.56. The molecule has 0 saturated heterocycles. The number of carbonyl (C=O) groups is 2. The largest absolute Gasteiger partial charge is 0.481 e. The first kappa shape index (κ1) is 16.5. The van der Waals surface area contributed by atoms with E-state index in [9.17, 15) is 9.59 Å². The van der Waals surface area contributed by atoms with Gasteiger partial charge in [0.15, 0.2) is 0 Å². The molecule has 1 aromatic rings. The zero-order valence-electron chi connectivity index (χ0n) is 12.3. The highest BCUT2D eigenvalue weighted by molar-refractivity contribution is 7.09.